The summed E-state index contributed by atoms with van der Waals surface area (Å²) in [5.74, 6) is 0.607. The second-order valence-corrected chi connectivity index (χ2v) is 6.81. The standard InChI is InChI=1S/C20H31NO4/c1-4-6-11-25-18-10-8-16(12-19(18)24-5-2)13-21-14-17(20(22)23)9-7-15(21)3/h8,10,12,15,17H,4-7,9,11,13-14H2,1-3H3,(H,22,23). The topological polar surface area (TPSA) is 59.0 Å². The number of ether oxygens (including phenoxy) is 2. The van der Waals surface area contributed by atoms with E-state index in [0.29, 0.717) is 25.8 Å². The van der Waals surface area contributed by atoms with Gasteiger partial charge in [0.1, 0.15) is 0 Å². The van der Waals surface area contributed by atoms with E-state index in [9.17, 15) is 9.90 Å². The number of benzene rings is 1. The summed E-state index contributed by atoms with van der Waals surface area (Å²) in [5, 5.41) is 9.30. The highest BCUT2D eigenvalue weighted by Crippen LogP contribution is 2.31. The van der Waals surface area contributed by atoms with Gasteiger partial charge >= 0.3 is 5.97 Å². The van der Waals surface area contributed by atoms with Crippen LogP contribution in [0.25, 0.3) is 0 Å². The highest BCUT2D eigenvalue weighted by Gasteiger charge is 2.29. The molecule has 0 bridgehead atoms. The smallest absolute Gasteiger partial charge is 0.307 e. The summed E-state index contributed by atoms with van der Waals surface area (Å²) < 4.78 is 11.6. The first-order valence-corrected chi connectivity index (χ1v) is 9.40. The van der Waals surface area contributed by atoms with E-state index in [1.807, 2.05) is 19.1 Å². The van der Waals surface area contributed by atoms with Crippen molar-refractivity contribution < 1.29 is 19.4 Å². The van der Waals surface area contributed by atoms with Gasteiger partial charge in [-0.3, -0.25) is 9.69 Å². The minimum absolute atomic E-state index is 0.265. The Morgan fingerprint density at radius 1 is 1.24 bits per heavy atom. The molecule has 0 saturated carbocycles. The van der Waals surface area contributed by atoms with Gasteiger partial charge in [-0.2, -0.15) is 0 Å². The third kappa shape index (κ3) is 5.63. The Morgan fingerprint density at radius 2 is 2.04 bits per heavy atom. The molecule has 1 aromatic rings. The van der Waals surface area contributed by atoms with E-state index in [4.69, 9.17) is 9.47 Å². The Hall–Kier alpha value is -1.75. The van der Waals surface area contributed by atoms with Gasteiger partial charge in [0, 0.05) is 19.1 Å². The molecule has 0 amide bonds. The molecule has 1 fully saturated rings. The van der Waals surface area contributed by atoms with Crippen LogP contribution in [-0.4, -0.2) is 41.8 Å². The zero-order valence-corrected chi connectivity index (χ0v) is 15.7. The summed E-state index contributed by atoms with van der Waals surface area (Å²) in [6.45, 7) is 8.90. The van der Waals surface area contributed by atoms with E-state index in [1.54, 1.807) is 0 Å². The molecule has 5 heteroatoms. The average molecular weight is 349 g/mol. The fourth-order valence-electron chi connectivity index (χ4n) is 3.20. The number of carboxylic acids is 1. The number of hydrogen-bond donors (Lipinski definition) is 1. The second-order valence-electron chi connectivity index (χ2n) is 6.81. The maximum absolute atomic E-state index is 11.3. The zero-order valence-electron chi connectivity index (χ0n) is 15.7. The lowest BCUT2D eigenvalue weighted by atomic mass is 9.93. The summed E-state index contributed by atoms with van der Waals surface area (Å²) >= 11 is 0. The Kier molecular flexibility index (Phi) is 7.56. The lowest BCUT2D eigenvalue weighted by Crippen LogP contribution is -2.43. The number of carboxylic acid groups (broad SMARTS) is 1. The van der Waals surface area contributed by atoms with Gasteiger partial charge in [-0.15, -0.1) is 0 Å². The molecule has 1 saturated heterocycles. The lowest BCUT2D eigenvalue weighted by molar-refractivity contribution is -0.144. The number of unbranched alkanes of at least 4 members (excludes halogenated alkanes) is 1. The minimum Gasteiger partial charge on any atom is -0.490 e. The van der Waals surface area contributed by atoms with Crippen LogP contribution < -0.4 is 9.47 Å². The van der Waals surface area contributed by atoms with Gasteiger partial charge in [0.15, 0.2) is 11.5 Å². The van der Waals surface area contributed by atoms with Crippen molar-refractivity contribution in [2.75, 3.05) is 19.8 Å². The number of likely N-dealkylation sites (tertiary alicyclic amines) is 1. The van der Waals surface area contributed by atoms with E-state index in [-0.39, 0.29) is 5.92 Å². The highest BCUT2D eigenvalue weighted by atomic mass is 16.5. The summed E-state index contributed by atoms with van der Waals surface area (Å²) in [7, 11) is 0. The van der Waals surface area contributed by atoms with Gasteiger partial charge in [0.25, 0.3) is 0 Å². The van der Waals surface area contributed by atoms with Crippen LogP contribution in [0, 0.1) is 5.92 Å². The van der Waals surface area contributed by atoms with E-state index >= 15 is 0 Å². The molecule has 1 aromatic carbocycles. The maximum Gasteiger partial charge on any atom is 0.307 e. The molecule has 1 N–H and O–H groups in total. The van der Waals surface area contributed by atoms with Crippen molar-refractivity contribution in [3.8, 4) is 11.5 Å². The Balaban J connectivity index is 2.07. The number of carbonyl (C=O) groups is 1. The van der Waals surface area contributed by atoms with Crippen molar-refractivity contribution in [2.24, 2.45) is 5.92 Å². The van der Waals surface area contributed by atoms with Gasteiger partial charge in [-0.1, -0.05) is 19.4 Å². The van der Waals surface area contributed by atoms with Crippen molar-refractivity contribution in [1.29, 1.82) is 0 Å². The quantitative estimate of drug-likeness (QED) is 0.684. The van der Waals surface area contributed by atoms with E-state index in [0.717, 1.165) is 49.3 Å². The van der Waals surface area contributed by atoms with Crippen molar-refractivity contribution in [2.45, 2.75) is 59.0 Å². The molecular formula is C20H31NO4. The number of aliphatic carboxylic acids is 1. The molecule has 2 atom stereocenters. The van der Waals surface area contributed by atoms with Gasteiger partial charge in [0.2, 0.25) is 0 Å². The number of hydrogen-bond acceptors (Lipinski definition) is 4. The lowest BCUT2D eigenvalue weighted by Gasteiger charge is -2.36. The molecule has 1 aliphatic rings. The van der Waals surface area contributed by atoms with Crippen LogP contribution in [0.3, 0.4) is 0 Å². The SMILES string of the molecule is CCCCOc1ccc(CN2CC(C(=O)O)CCC2C)cc1OCC. The Bertz CT molecular complexity index is 561. The molecule has 2 rings (SSSR count). The minimum atomic E-state index is -0.688. The van der Waals surface area contributed by atoms with Crippen LogP contribution in [0.2, 0.25) is 0 Å². The monoisotopic (exact) mass is 349 g/mol. The molecule has 0 radical (unpaired) electrons. The predicted octanol–water partition coefficient (Wildman–Crippen LogP) is 3.95. The van der Waals surface area contributed by atoms with Crippen LogP contribution >= 0.6 is 0 Å². The van der Waals surface area contributed by atoms with Gasteiger partial charge in [-0.25, -0.2) is 0 Å². The Morgan fingerprint density at radius 3 is 2.72 bits per heavy atom. The molecule has 0 aromatic heterocycles. The van der Waals surface area contributed by atoms with E-state index in [2.05, 4.69) is 24.8 Å². The fourth-order valence-corrected chi connectivity index (χ4v) is 3.20. The number of piperidine rings is 1. The van der Waals surface area contributed by atoms with Crippen molar-refractivity contribution in [3.05, 3.63) is 23.8 Å². The normalized spacial score (nSPS) is 21.1. The van der Waals surface area contributed by atoms with E-state index < -0.39 is 5.97 Å². The van der Waals surface area contributed by atoms with Crippen LogP contribution in [0.15, 0.2) is 18.2 Å². The number of rotatable bonds is 9. The van der Waals surface area contributed by atoms with Crippen LogP contribution in [0.4, 0.5) is 0 Å². The molecule has 0 spiro atoms. The molecule has 5 nitrogen and oxygen atoms in total. The van der Waals surface area contributed by atoms with Gasteiger partial charge in [-0.05, 0) is 50.8 Å². The first-order valence-electron chi connectivity index (χ1n) is 9.40. The van der Waals surface area contributed by atoms with Crippen molar-refractivity contribution >= 4 is 5.97 Å². The third-order valence-corrected chi connectivity index (χ3v) is 4.81. The third-order valence-electron chi connectivity index (χ3n) is 4.81. The average Bonchev–Trinajstić information content (AvgIpc) is 2.59. The largest absolute Gasteiger partial charge is 0.490 e. The highest BCUT2D eigenvalue weighted by molar-refractivity contribution is 5.70. The van der Waals surface area contributed by atoms with Crippen molar-refractivity contribution in [1.82, 2.24) is 4.90 Å². The molecule has 140 valence electrons. The zero-order chi connectivity index (χ0) is 18.2. The maximum atomic E-state index is 11.3. The molecular weight excluding hydrogens is 318 g/mol. The second kappa shape index (κ2) is 9.66. The first-order chi connectivity index (χ1) is 12.0. The molecule has 2 unspecified atom stereocenters. The Labute approximate surface area is 150 Å². The first kappa shape index (κ1) is 19.6. The van der Waals surface area contributed by atoms with Crippen LogP contribution in [0.1, 0.15) is 52.0 Å². The molecule has 1 aliphatic heterocycles. The summed E-state index contributed by atoms with van der Waals surface area (Å²) in [6, 6.07) is 6.45. The number of nitrogens with zero attached hydrogens (tertiary/aromatic N) is 1. The fraction of sp³-hybridized carbons (Fsp3) is 0.650. The molecule has 25 heavy (non-hydrogen) atoms. The van der Waals surface area contributed by atoms with E-state index in [1.165, 1.54) is 0 Å². The van der Waals surface area contributed by atoms with Crippen molar-refractivity contribution in [3.63, 3.8) is 0 Å². The molecule has 1 heterocycles. The predicted molar refractivity (Wildman–Crippen MR) is 98.2 cm³/mol. The summed E-state index contributed by atoms with van der Waals surface area (Å²) in [5.41, 5.74) is 1.13. The summed E-state index contributed by atoms with van der Waals surface area (Å²) in [6.07, 6.45) is 3.81. The summed E-state index contributed by atoms with van der Waals surface area (Å²) in [4.78, 5) is 13.6. The van der Waals surface area contributed by atoms with Crippen LogP contribution in [-0.2, 0) is 11.3 Å². The van der Waals surface area contributed by atoms with Gasteiger partial charge < -0.3 is 14.6 Å². The molecule has 0 aliphatic carbocycles. The van der Waals surface area contributed by atoms with Gasteiger partial charge in [0.05, 0.1) is 19.1 Å². The van der Waals surface area contributed by atoms with Crippen LogP contribution in [0.5, 0.6) is 11.5 Å².